The van der Waals surface area contributed by atoms with Gasteiger partial charge in [-0.1, -0.05) is 20.8 Å². The van der Waals surface area contributed by atoms with Gasteiger partial charge in [-0.25, -0.2) is 13.8 Å². The first kappa shape index (κ1) is 15.4. The largest absolute Gasteiger partial charge is 0.378 e. The van der Waals surface area contributed by atoms with Gasteiger partial charge in [0.15, 0.2) is 0 Å². The van der Waals surface area contributed by atoms with E-state index in [1.807, 2.05) is 0 Å². The monoisotopic (exact) mass is 360 g/mol. The van der Waals surface area contributed by atoms with E-state index < -0.39 is 11.6 Å². The third kappa shape index (κ3) is 3.55. The van der Waals surface area contributed by atoms with Crippen LogP contribution in [0, 0.1) is 11.6 Å². The highest BCUT2D eigenvalue weighted by Gasteiger charge is 2.18. The zero-order valence-electron chi connectivity index (χ0n) is 11.4. The Morgan fingerprint density at radius 2 is 1.95 bits per heavy atom. The second-order valence-corrected chi connectivity index (χ2v) is 7.45. The van der Waals surface area contributed by atoms with Gasteiger partial charge < -0.3 is 5.32 Å². The van der Waals surface area contributed by atoms with Crippen molar-refractivity contribution in [1.82, 2.24) is 4.98 Å². The molecule has 0 aliphatic rings. The normalized spacial score (nSPS) is 11.7. The minimum absolute atomic E-state index is 0.00701. The van der Waals surface area contributed by atoms with Crippen molar-refractivity contribution in [3.63, 3.8) is 0 Å². The van der Waals surface area contributed by atoms with Crippen LogP contribution in [0.25, 0.3) is 0 Å². The highest BCUT2D eigenvalue weighted by molar-refractivity contribution is 9.10. The van der Waals surface area contributed by atoms with Gasteiger partial charge >= 0.3 is 0 Å². The van der Waals surface area contributed by atoms with E-state index in [-0.39, 0.29) is 15.6 Å². The lowest BCUT2D eigenvalue weighted by Gasteiger charge is -2.13. The number of thiazole rings is 1. The molecule has 0 atom stereocenters. The van der Waals surface area contributed by atoms with Crippen LogP contribution in [0.1, 0.15) is 30.7 Å². The van der Waals surface area contributed by atoms with Crippen molar-refractivity contribution in [2.24, 2.45) is 0 Å². The molecule has 108 valence electrons. The van der Waals surface area contributed by atoms with Crippen molar-refractivity contribution in [3.8, 4) is 0 Å². The molecule has 1 aromatic heterocycles. The molecule has 0 aliphatic carbocycles. The molecule has 0 aliphatic heterocycles. The molecule has 0 fully saturated rings. The summed E-state index contributed by atoms with van der Waals surface area (Å²) >= 11 is 4.64. The summed E-state index contributed by atoms with van der Waals surface area (Å²) < 4.78 is 27.0. The van der Waals surface area contributed by atoms with Crippen molar-refractivity contribution in [2.75, 3.05) is 5.32 Å². The predicted octanol–water partition coefficient (Wildman–Crippen LogP) is 5.09. The summed E-state index contributed by atoms with van der Waals surface area (Å²) in [4.78, 5) is 5.38. The summed E-state index contributed by atoms with van der Waals surface area (Å²) in [6, 6.07) is 2.26. The number of nitrogens with one attached hydrogen (secondary N) is 1. The molecule has 1 heterocycles. The van der Waals surface area contributed by atoms with Gasteiger partial charge in [0.05, 0.1) is 21.7 Å². The number of nitrogens with zero attached hydrogens (tertiary/aromatic N) is 1. The molecule has 0 saturated heterocycles. The van der Waals surface area contributed by atoms with E-state index in [2.05, 4.69) is 47.0 Å². The molecule has 6 heteroatoms. The minimum Gasteiger partial charge on any atom is -0.378 e. The first-order chi connectivity index (χ1) is 9.27. The Balaban J connectivity index is 2.09. The van der Waals surface area contributed by atoms with Gasteiger partial charge in [0.25, 0.3) is 0 Å². The third-order valence-corrected chi connectivity index (χ3v) is 4.69. The van der Waals surface area contributed by atoms with Gasteiger partial charge in [0, 0.05) is 22.6 Å². The first-order valence-corrected chi connectivity index (χ1v) is 7.72. The molecular weight excluding hydrogens is 346 g/mol. The fourth-order valence-electron chi connectivity index (χ4n) is 1.58. The van der Waals surface area contributed by atoms with E-state index in [0.717, 1.165) is 16.0 Å². The molecule has 0 unspecified atom stereocenters. The topological polar surface area (TPSA) is 24.9 Å². The lowest BCUT2D eigenvalue weighted by atomic mass is 9.98. The molecule has 0 amide bonds. The Kier molecular flexibility index (Phi) is 4.44. The predicted molar refractivity (Wildman–Crippen MR) is 82.2 cm³/mol. The number of halogens is 3. The average molecular weight is 361 g/mol. The molecule has 20 heavy (non-hydrogen) atoms. The SMILES string of the molecule is CC(C)(C)c1ncc(CNc2cc(Br)c(F)cc2F)s1. The van der Waals surface area contributed by atoms with Crippen LogP contribution in [0.2, 0.25) is 0 Å². The van der Waals surface area contributed by atoms with Crippen LogP contribution < -0.4 is 5.32 Å². The Hall–Kier alpha value is -1.01. The fourth-order valence-corrected chi connectivity index (χ4v) is 2.83. The van der Waals surface area contributed by atoms with Crippen LogP contribution in [0.3, 0.4) is 0 Å². The van der Waals surface area contributed by atoms with Gasteiger partial charge in [-0.05, 0) is 22.0 Å². The van der Waals surface area contributed by atoms with Gasteiger partial charge in [0.1, 0.15) is 11.6 Å². The van der Waals surface area contributed by atoms with E-state index >= 15 is 0 Å². The summed E-state index contributed by atoms with van der Waals surface area (Å²) in [5.74, 6) is -1.22. The van der Waals surface area contributed by atoms with Crippen LogP contribution in [0.15, 0.2) is 22.8 Å². The van der Waals surface area contributed by atoms with E-state index in [0.29, 0.717) is 6.54 Å². The second kappa shape index (κ2) is 5.77. The van der Waals surface area contributed by atoms with Gasteiger partial charge in [-0.3, -0.25) is 0 Å². The van der Waals surface area contributed by atoms with Crippen molar-refractivity contribution in [3.05, 3.63) is 44.3 Å². The number of anilines is 1. The molecule has 0 spiro atoms. The Bertz CT molecular complexity index is 620. The maximum Gasteiger partial charge on any atom is 0.149 e. The molecule has 1 N–H and O–H groups in total. The lowest BCUT2D eigenvalue weighted by Crippen LogP contribution is -2.09. The molecular formula is C14H15BrF2N2S. The summed E-state index contributed by atoms with van der Waals surface area (Å²) in [5, 5.41) is 4.00. The number of benzene rings is 1. The van der Waals surface area contributed by atoms with Crippen molar-refractivity contribution < 1.29 is 8.78 Å². The zero-order chi connectivity index (χ0) is 14.9. The number of aromatic nitrogens is 1. The van der Waals surface area contributed by atoms with Crippen LogP contribution in [0.5, 0.6) is 0 Å². The summed E-state index contributed by atoms with van der Waals surface area (Å²) in [6.07, 6.45) is 1.79. The number of rotatable bonds is 3. The number of hydrogen-bond acceptors (Lipinski definition) is 3. The molecule has 2 nitrogen and oxygen atoms in total. The molecule has 1 aromatic carbocycles. The van der Waals surface area contributed by atoms with Gasteiger partial charge in [-0.2, -0.15) is 0 Å². The van der Waals surface area contributed by atoms with Crippen molar-refractivity contribution >= 4 is 33.0 Å². The van der Waals surface area contributed by atoms with Crippen LogP contribution in [0.4, 0.5) is 14.5 Å². The second-order valence-electron chi connectivity index (χ2n) is 5.48. The van der Waals surface area contributed by atoms with Crippen LogP contribution in [-0.4, -0.2) is 4.98 Å². The Morgan fingerprint density at radius 1 is 1.25 bits per heavy atom. The standard InChI is InChI=1S/C14H15BrF2N2S/c1-14(2,3)13-19-7-8(20-13)6-18-12-4-9(15)10(16)5-11(12)17/h4-5,7,18H,6H2,1-3H3. The minimum atomic E-state index is -0.610. The van der Waals surface area contributed by atoms with Crippen molar-refractivity contribution in [1.29, 1.82) is 0 Å². The fraction of sp³-hybridized carbons (Fsp3) is 0.357. The quantitative estimate of drug-likeness (QED) is 0.770. The molecule has 0 saturated carbocycles. The van der Waals surface area contributed by atoms with E-state index in [4.69, 9.17) is 0 Å². The maximum absolute atomic E-state index is 13.6. The van der Waals surface area contributed by atoms with Crippen LogP contribution in [-0.2, 0) is 12.0 Å². The average Bonchev–Trinajstić information content (AvgIpc) is 2.80. The van der Waals surface area contributed by atoms with Gasteiger partial charge in [0.2, 0.25) is 0 Å². The Labute approximate surface area is 129 Å². The van der Waals surface area contributed by atoms with Crippen LogP contribution >= 0.6 is 27.3 Å². The summed E-state index contributed by atoms with van der Waals surface area (Å²) in [6.45, 7) is 6.75. The maximum atomic E-state index is 13.6. The lowest BCUT2D eigenvalue weighted by molar-refractivity contribution is 0.580. The summed E-state index contributed by atoms with van der Waals surface area (Å²) in [5.41, 5.74) is 0.275. The first-order valence-electron chi connectivity index (χ1n) is 6.11. The highest BCUT2D eigenvalue weighted by Crippen LogP contribution is 2.28. The number of hydrogen-bond donors (Lipinski definition) is 1. The van der Waals surface area contributed by atoms with Gasteiger partial charge in [-0.15, -0.1) is 11.3 Å². The summed E-state index contributed by atoms with van der Waals surface area (Å²) in [7, 11) is 0. The molecule has 0 radical (unpaired) electrons. The van der Waals surface area contributed by atoms with E-state index in [9.17, 15) is 8.78 Å². The van der Waals surface area contributed by atoms with E-state index in [1.54, 1.807) is 17.5 Å². The van der Waals surface area contributed by atoms with E-state index in [1.165, 1.54) is 6.07 Å². The zero-order valence-corrected chi connectivity index (χ0v) is 13.8. The Morgan fingerprint density at radius 3 is 2.55 bits per heavy atom. The molecule has 0 bridgehead atoms. The van der Waals surface area contributed by atoms with Crippen molar-refractivity contribution in [2.45, 2.75) is 32.7 Å². The smallest absolute Gasteiger partial charge is 0.149 e. The molecule has 2 rings (SSSR count). The molecule has 2 aromatic rings. The third-order valence-electron chi connectivity index (χ3n) is 2.66. The highest BCUT2D eigenvalue weighted by atomic mass is 79.9.